The van der Waals surface area contributed by atoms with Crippen LogP contribution in [-0.4, -0.2) is 8.32 Å². The molecule has 1 rings (SSSR count). The predicted octanol–water partition coefficient (Wildman–Crippen LogP) is 4.21. The standard InChI is InChI=1S/C9H12Cl2OSi/c1-13(2,3)12-9-7(10)5-4-6-8(9)11/h4-6H,1-3H3. The van der Waals surface area contributed by atoms with Crippen LogP contribution >= 0.6 is 23.2 Å². The highest BCUT2D eigenvalue weighted by molar-refractivity contribution is 6.70. The molecule has 0 radical (unpaired) electrons. The number of hydrogen-bond donors (Lipinski definition) is 0. The molecule has 72 valence electrons. The van der Waals surface area contributed by atoms with Crippen molar-refractivity contribution in [3.8, 4) is 5.75 Å². The van der Waals surface area contributed by atoms with Crippen molar-refractivity contribution in [2.24, 2.45) is 0 Å². The van der Waals surface area contributed by atoms with Crippen LogP contribution in [0.4, 0.5) is 0 Å². The second-order valence-electron chi connectivity index (χ2n) is 3.77. The molecule has 0 atom stereocenters. The predicted molar refractivity (Wildman–Crippen MR) is 60.4 cm³/mol. The number of benzene rings is 1. The minimum absolute atomic E-state index is 0.579. The smallest absolute Gasteiger partial charge is 0.242 e. The minimum Gasteiger partial charge on any atom is -0.542 e. The Balaban J connectivity index is 3.00. The lowest BCUT2D eigenvalue weighted by Crippen LogP contribution is -2.29. The molecule has 0 amide bonds. The zero-order valence-corrected chi connectivity index (χ0v) is 10.4. The van der Waals surface area contributed by atoms with Crippen LogP contribution < -0.4 is 4.43 Å². The largest absolute Gasteiger partial charge is 0.542 e. The second-order valence-corrected chi connectivity index (χ2v) is 9.01. The molecule has 0 aliphatic rings. The van der Waals surface area contributed by atoms with Crippen LogP contribution in [0.1, 0.15) is 0 Å². The van der Waals surface area contributed by atoms with E-state index in [-0.39, 0.29) is 0 Å². The first-order valence-electron chi connectivity index (χ1n) is 4.03. The average molecular weight is 235 g/mol. The van der Waals surface area contributed by atoms with Gasteiger partial charge in [0.05, 0.1) is 10.0 Å². The Morgan fingerprint density at radius 3 is 1.92 bits per heavy atom. The fraction of sp³-hybridized carbons (Fsp3) is 0.333. The topological polar surface area (TPSA) is 9.23 Å². The third kappa shape index (κ3) is 3.22. The van der Waals surface area contributed by atoms with E-state index in [2.05, 4.69) is 19.6 Å². The molecule has 0 saturated carbocycles. The van der Waals surface area contributed by atoms with E-state index < -0.39 is 8.32 Å². The Labute approximate surface area is 89.8 Å². The molecule has 0 fully saturated rings. The Morgan fingerprint density at radius 1 is 1.08 bits per heavy atom. The van der Waals surface area contributed by atoms with E-state index in [9.17, 15) is 0 Å². The molecule has 0 aliphatic heterocycles. The molecule has 1 aromatic rings. The third-order valence-corrected chi connectivity index (χ3v) is 2.74. The van der Waals surface area contributed by atoms with Crippen LogP contribution in [-0.2, 0) is 0 Å². The number of rotatable bonds is 2. The van der Waals surface area contributed by atoms with Crippen LogP contribution in [0.5, 0.6) is 5.75 Å². The third-order valence-electron chi connectivity index (χ3n) is 1.33. The van der Waals surface area contributed by atoms with E-state index in [1.54, 1.807) is 12.1 Å². The summed E-state index contributed by atoms with van der Waals surface area (Å²) in [5, 5.41) is 1.16. The van der Waals surface area contributed by atoms with Gasteiger partial charge in [-0.2, -0.15) is 0 Å². The first-order valence-corrected chi connectivity index (χ1v) is 8.19. The Kier molecular flexibility index (Phi) is 3.27. The molecule has 0 aromatic heterocycles. The van der Waals surface area contributed by atoms with Gasteiger partial charge in [-0.1, -0.05) is 29.3 Å². The summed E-state index contributed by atoms with van der Waals surface area (Å²) in [6.07, 6.45) is 0. The number of para-hydroxylation sites is 1. The Bertz CT molecular complexity index is 287. The summed E-state index contributed by atoms with van der Waals surface area (Å²) < 4.78 is 5.74. The maximum absolute atomic E-state index is 5.95. The Morgan fingerprint density at radius 2 is 1.54 bits per heavy atom. The van der Waals surface area contributed by atoms with Gasteiger partial charge in [0.2, 0.25) is 8.32 Å². The molecule has 0 unspecified atom stereocenters. The molecular weight excluding hydrogens is 223 g/mol. The van der Waals surface area contributed by atoms with Gasteiger partial charge in [-0.3, -0.25) is 0 Å². The van der Waals surface area contributed by atoms with Gasteiger partial charge in [0.1, 0.15) is 5.75 Å². The zero-order valence-electron chi connectivity index (χ0n) is 7.90. The summed E-state index contributed by atoms with van der Waals surface area (Å²) in [5.41, 5.74) is 0. The van der Waals surface area contributed by atoms with Crippen LogP contribution in [0.2, 0.25) is 29.7 Å². The lowest BCUT2D eigenvalue weighted by Gasteiger charge is -2.20. The molecule has 1 nitrogen and oxygen atoms in total. The zero-order chi connectivity index (χ0) is 10.1. The normalized spacial score (nSPS) is 11.5. The summed E-state index contributed by atoms with van der Waals surface area (Å²) in [4.78, 5) is 0. The van der Waals surface area contributed by atoms with Gasteiger partial charge in [-0.25, -0.2) is 0 Å². The highest BCUT2D eigenvalue weighted by Crippen LogP contribution is 2.34. The molecule has 0 heterocycles. The lowest BCUT2D eigenvalue weighted by molar-refractivity contribution is 0.558. The maximum atomic E-state index is 5.95. The quantitative estimate of drug-likeness (QED) is 0.698. The van der Waals surface area contributed by atoms with Crippen molar-refractivity contribution in [2.45, 2.75) is 19.6 Å². The molecule has 0 N–H and O–H groups in total. The van der Waals surface area contributed by atoms with Gasteiger partial charge in [-0.15, -0.1) is 0 Å². The van der Waals surface area contributed by atoms with E-state index >= 15 is 0 Å². The van der Waals surface area contributed by atoms with E-state index in [4.69, 9.17) is 27.6 Å². The van der Waals surface area contributed by atoms with Crippen molar-refractivity contribution in [1.82, 2.24) is 0 Å². The number of hydrogen-bond acceptors (Lipinski definition) is 1. The van der Waals surface area contributed by atoms with Gasteiger partial charge in [0.25, 0.3) is 0 Å². The molecule has 0 bridgehead atoms. The molecule has 0 spiro atoms. The van der Waals surface area contributed by atoms with Crippen LogP contribution in [0.15, 0.2) is 18.2 Å². The second kappa shape index (κ2) is 3.90. The van der Waals surface area contributed by atoms with Crippen molar-refractivity contribution < 1.29 is 4.43 Å². The molecule has 0 aliphatic carbocycles. The average Bonchev–Trinajstić information content (AvgIpc) is 1.95. The summed E-state index contributed by atoms with van der Waals surface area (Å²) in [6, 6.07) is 5.37. The van der Waals surface area contributed by atoms with Gasteiger partial charge in [0.15, 0.2) is 0 Å². The van der Waals surface area contributed by atoms with E-state index in [1.807, 2.05) is 6.07 Å². The summed E-state index contributed by atoms with van der Waals surface area (Å²) in [7, 11) is -1.63. The molecule has 13 heavy (non-hydrogen) atoms. The van der Waals surface area contributed by atoms with Gasteiger partial charge in [-0.05, 0) is 31.8 Å². The van der Waals surface area contributed by atoms with Crippen LogP contribution in [0, 0.1) is 0 Å². The highest BCUT2D eigenvalue weighted by Gasteiger charge is 2.19. The fourth-order valence-corrected chi connectivity index (χ4v) is 2.32. The van der Waals surface area contributed by atoms with Crippen molar-refractivity contribution in [3.05, 3.63) is 28.2 Å². The molecular formula is C9H12Cl2OSi. The molecule has 4 heteroatoms. The van der Waals surface area contributed by atoms with Gasteiger partial charge in [0, 0.05) is 0 Å². The maximum Gasteiger partial charge on any atom is 0.242 e. The van der Waals surface area contributed by atoms with E-state index in [0.29, 0.717) is 15.8 Å². The summed E-state index contributed by atoms with van der Waals surface area (Å²) in [5.74, 6) is 0.616. The molecule has 0 saturated heterocycles. The van der Waals surface area contributed by atoms with Gasteiger partial charge < -0.3 is 4.43 Å². The SMILES string of the molecule is C[Si](C)(C)Oc1c(Cl)cccc1Cl. The first-order chi connectivity index (χ1) is 5.90. The Hall–Kier alpha value is -0.183. The fourth-order valence-electron chi connectivity index (χ4n) is 0.886. The van der Waals surface area contributed by atoms with Crippen molar-refractivity contribution in [1.29, 1.82) is 0 Å². The van der Waals surface area contributed by atoms with Crippen molar-refractivity contribution in [3.63, 3.8) is 0 Å². The molecule has 1 aromatic carbocycles. The van der Waals surface area contributed by atoms with Crippen LogP contribution in [0.3, 0.4) is 0 Å². The van der Waals surface area contributed by atoms with Crippen molar-refractivity contribution in [2.75, 3.05) is 0 Å². The highest BCUT2D eigenvalue weighted by atomic mass is 35.5. The number of halogens is 2. The van der Waals surface area contributed by atoms with Gasteiger partial charge >= 0.3 is 0 Å². The first kappa shape index (κ1) is 10.9. The summed E-state index contributed by atoms with van der Waals surface area (Å²) in [6.45, 7) is 6.27. The minimum atomic E-state index is -1.63. The van der Waals surface area contributed by atoms with E-state index in [0.717, 1.165) is 0 Å². The lowest BCUT2D eigenvalue weighted by atomic mass is 10.3. The van der Waals surface area contributed by atoms with Crippen LogP contribution in [0.25, 0.3) is 0 Å². The summed E-state index contributed by atoms with van der Waals surface area (Å²) >= 11 is 11.9. The monoisotopic (exact) mass is 234 g/mol. The van der Waals surface area contributed by atoms with E-state index in [1.165, 1.54) is 0 Å². The van der Waals surface area contributed by atoms with Crippen molar-refractivity contribution >= 4 is 31.5 Å².